The summed E-state index contributed by atoms with van der Waals surface area (Å²) in [5, 5.41) is 0. The highest BCUT2D eigenvalue weighted by Crippen LogP contribution is 2.13. The number of nitrogens with zero attached hydrogens (tertiary/aromatic N) is 1. The van der Waals surface area contributed by atoms with Crippen molar-refractivity contribution in [1.29, 1.82) is 0 Å². The van der Waals surface area contributed by atoms with Crippen molar-refractivity contribution in [2.75, 3.05) is 32.9 Å². The summed E-state index contributed by atoms with van der Waals surface area (Å²) >= 11 is 0. The van der Waals surface area contributed by atoms with Crippen LogP contribution in [-0.4, -0.2) is 49.8 Å². The van der Waals surface area contributed by atoms with Crippen LogP contribution in [0.4, 0.5) is 0 Å². The van der Waals surface area contributed by atoms with Crippen LogP contribution in [0.25, 0.3) is 0 Å². The molecule has 4 heteroatoms. The molecular weight excluding hydrogens is 242 g/mol. The van der Waals surface area contributed by atoms with Gasteiger partial charge in [0, 0.05) is 26.6 Å². The number of unbranched alkanes of at least 4 members (excludes halogenated alkanes) is 1. The largest absolute Gasteiger partial charge is 0.379 e. The smallest absolute Gasteiger partial charge is 0.219 e. The lowest BCUT2D eigenvalue weighted by atomic mass is 10.1. The number of ether oxygens (including phenoxy) is 2. The molecule has 1 aliphatic rings. The van der Waals surface area contributed by atoms with Gasteiger partial charge < -0.3 is 14.4 Å². The normalized spacial score (nSPS) is 15.9. The number of carbonyl (C=O) groups is 1. The average molecular weight is 273 g/mol. The van der Waals surface area contributed by atoms with Gasteiger partial charge in [0.15, 0.2) is 0 Å². The molecular formula is C15H31NO3. The van der Waals surface area contributed by atoms with E-state index in [9.17, 15) is 4.79 Å². The van der Waals surface area contributed by atoms with E-state index in [-0.39, 0.29) is 5.91 Å². The van der Waals surface area contributed by atoms with Gasteiger partial charge in [-0.15, -0.1) is 0 Å². The molecule has 0 saturated carbocycles. The van der Waals surface area contributed by atoms with Crippen molar-refractivity contribution in [3.8, 4) is 0 Å². The van der Waals surface area contributed by atoms with Crippen molar-refractivity contribution >= 4 is 5.91 Å². The van der Waals surface area contributed by atoms with Crippen molar-refractivity contribution in [3.05, 3.63) is 0 Å². The van der Waals surface area contributed by atoms with Gasteiger partial charge >= 0.3 is 0 Å². The first-order valence-corrected chi connectivity index (χ1v) is 7.69. The summed E-state index contributed by atoms with van der Waals surface area (Å²) in [6, 6.07) is 0. The Bertz CT molecular complexity index is 213. The van der Waals surface area contributed by atoms with Crippen LogP contribution in [0.5, 0.6) is 0 Å². The second-order valence-electron chi connectivity index (χ2n) is 4.54. The van der Waals surface area contributed by atoms with Crippen LogP contribution in [0.3, 0.4) is 0 Å². The summed E-state index contributed by atoms with van der Waals surface area (Å²) in [4.78, 5) is 13.0. The van der Waals surface area contributed by atoms with Crippen LogP contribution >= 0.6 is 0 Å². The summed E-state index contributed by atoms with van der Waals surface area (Å²) in [6.07, 6.45) is 4.50. The third-order valence-corrected chi connectivity index (χ3v) is 3.11. The Hall–Kier alpha value is -0.610. The molecule has 4 nitrogen and oxygen atoms in total. The van der Waals surface area contributed by atoms with E-state index in [4.69, 9.17) is 9.47 Å². The van der Waals surface area contributed by atoms with E-state index in [1.165, 1.54) is 6.42 Å². The van der Waals surface area contributed by atoms with Crippen molar-refractivity contribution in [2.45, 2.75) is 59.5 Å². The van der Waals surface area contributed by atoms with E-state index in [1.807, 2.05) is 18.7 Å². The number of rotatable bonds is 7. The zero-order valence-corrected chi connectivity index (χ0v) is 13.1. The Morgan fingerprint density at radius 1 is 1.16 bits per heavy atom. The number of amides is 1. The number of carbonyl (C=O) groups excluding carboxylic acids is 1. The van der Waals surface area contributed by atoms with E-state index in [1.54, 1.807) is 6.92 Å². The van der Waals surface area contributed by atoms with Crippen molar-refractivity contribution < 1.29 is 14.3 Å². The van der Waals surface area contributed by atoms with Gasteiger partial charge in [0.2, 0.25) is 5.91 Å². The van der Waals surface area contributed by atoms with Gasteiger partial charge in [-0.3, -0.25) is 4.79 Å². The fourth-order valence-electron chi connectivity index (χ4n) is 1.96. The molecule has 0 unspecified atom stereocenters. The molecule has 1 rings (SSSR count). The van der Waals surface area contributed by atoms with Crippen LogP contribution in [0.1, 0.15) is 53.4 Å². The van der Waals surface area contributed by atoms with Gasteiger partial charge in [-0.1, -0.05) is 27.2 Å². The summed E-state index contributed by atoms with van der Waals surface area (Å²) < 4.78 is 11.2. The van der Waals surface area contributed by atoms with Gasteiger partial charge in [0.05, 0.1) is 19.3 Å². The first kappa shape index (κ1) is 18.4. The zero-order valence-electron chi connectivity index (χ0n) is 13.1. The maximum absolute atomic E-state index is 11.1. The fraction of sp³-hybridized carbons (Fsp3) is 0.933. The van der Waals surface area contributed by atoms with Crippen molar-refractivity contribution in [2.24, 2.45) is 0 Å². The molecule has 0 atom stereocenters. The monoisotopic (exact) mass is 273 g/mol. The van der Waals surface area contributed by atoms with Crippen molar-refractivity contribution in [3.63, 3.8) is 0 Å². The van der Waals surface area contributed by atoms with E-state index < -0.39 is 0 Å². The van der Waals surface area contributed by atoms with Gasteiger partial charge in [-0.25, -0.2) is 0 Å². The Kier molecular flexibility index (Phi) is 12.0. The lowest BCUT2D eigenvalue weighted by Crippen LogP contribution is -2.39. The summed E-state index contributed by atoms with van der Waals surface area (Å²) in [6.45, 7) is 11.6. The second kappa shape index (κ2) is 12.4. The molecule has 1 amide bonds. The predicted octanol–water partition coefficient (Wildman–Crippen LogP) is 2.86. The Morgan fingerprint density at radius 3 is 2.32 bits per heavy atom. The highest BCUT2D eigenvalue weighted by atomic mass is 16.5. The molecule has 1 fully saturated rings. The summed E-state index contributed by atoms with van der Waals surface area (Å²) in [7, 11) is 0. The highest BCUT2D eigenvalue weighted by Gasteiger charge is 2.20. The van der Waals surface area contributed by atoms with Gasteiger partial charge in [0.25, 0.3) is 0 Å². The molecule has 0 N–H and O–H groups in total. The summed E-state index contributed by atoms with van der Waals surface area (Å²) in [5.41, 5.74) is 0. The molecule has 0 bridgehead atoms. The molecule has 114 valence electrons. The van der Waals surface area contributed by atoms with Crippen LogP contribution in [0, 0.1) is 0 Å². The minimum absolute atomic E-state index is 0.173. The Balaban J connectivity index is 0.00000154. The van der Waals surface area contributed by atoms with Gasteiger partial charge in [0.1, 0.15) is 0 Å². The Labute approximate surface area is 118 Å². The number of likely N-dealkylation sites (tertiary alicyclic amines) is 1. The average Bonchev–Trinajstić information content (AvgIpc) is 2.45. The molecule has 0 aromatic heterocycles. The number of hydrogen-bond acceptors (Lipinski definition) is 3. The van der Waals surface area contributed by atoms with E-state index >= 15 is 0 Å². The molecule has 0 spiro atoms. The molecule has 0 aromatic carbocycles. The third-order valence-electron chi connectivity index (χ3n) is 3.11. The molecule has 1 saturated heterocycles. The van der Waals surface area contributed by atoms with E-state index in [2.05, 4.69) is 6.92 Å². The first-order chi connectivity index (χ1) is 9.24. The standard InChI is InChI=1S/C13H25NO3.C2H6/c1-3-4-9-16-10-11-17-13-5-7-14(8-6-13)12(2)15;1-2/h13H,3-11H2,1-2H3;1-2H3. The van der Waals surface area contributed by atoms with Gasteiger partial charge in [-0.05, 0) is 19.3 Å². The highest BCUT2D eigenvalue weighted by molar-refractivity contribution is 5.73. The zero-order chi connectivity index (χ0) is 14.5. The van der Waals surface area contributed by atoms with E-state index in [0.717, 1.165) is 39.0 Å². The maximum Gasteiger partial charge on any atom is 0.219 e. The maximum atomic E-state index is 11.1. The molecule has 1 heterocycles. The molecule has 0 radical (unpaired) electrons. The van der Waals surface area contributed by atoms with Crippen LogP contribution < -0.4 is 0 Å². The predicted molar refractivity (Wildman–Crippen MR) is 78.3 cm³/mol. The van der Waals surface area contributed by atoms with Crippen molar-refractivity contribution in [1.82, 2.24) is 4.90 Å². The van der Waals surface area contributed by atoms with Crippen LogP contribution in [0.2, 0.25) is 0 Å². The molecule has 0 aromatic rings. The van der Waals surface area contributed by atoms with E-state index in [0.29, 0.717) is 19.3 Å². The van der Waals surface area contributed by atoms with Crippen LogP contribution in [0.15, 0.2) is 0 Å². The fourth-order valence-corrected chi connectivity index (χ4v) is 1.96. The van der Waals surface area contributed by atoms with Gasteiger partial charge in [-0.2, -0.15) is 0 Å². The third kappa shape index (κ3) is 9.00. The second-order valence-corrected chi connectivity index (χ2v) is 4.54. The minimum Gasteiger partial charge on any atom is -0.379 e. The topological polar surface area (TPSA) is 38.8 Å². The molecule has 1 aliphatic heterocycles. The van der Waals surface area contributed by atoms with Crippen LogP contribution in [-0.2, 0) is 14.3 Å². The quantitative estimate of drug-likeness (QED) is 0.670. The molecule has 19 heavy (non-hydrogen) atoms. The lowest BCUT2D eigenvalue weighted by Gasteiger charge is -2.31. The Morgan fingerprint density at radius 2 is 1.79 bits per heavy atom. The lowest BCUT2D eigenvalue weighted by molar-refractivity contribution is -0.131. The SMILES string of the molecule is CC.CCCCOCCOC1CCN(C(C)=O)CC1. The minimum atomic E-state index is 0.173. The molecule has 0 aliphatic carbocycles. The number of hydrogen-bond donors (Lipinski definition) is 0. The summed E-state index contributed by atoms with van der Waals surface area (Å²) in [5.74, 6) is 0.173. The number of piperidine rings is 1. The first-order valence-electron chi connectivity index (χ1n) is 7.69.